The summed E-state index contributed by atoms with van der Waals surface area (Å²) in [7, 11) is 0. The van der Waals surface area contributed by atoms with Gasteiger partial charge in [0.05, 0.1) is 23.6 Å². The quantitative estimate of drug-likeness (QED) is 0.406. The van der Waals surface area contributed by atoms with Crippen molar-refractivity contribution in [3.05, 3.63) is 84.2 Å². The van der Waals surface area contributed by atoms with Crippen LogP contribution in [0.3, 0.4) is 0 Å². The van der Waals surface area contributed by atoms with Crippen molar-refractivity contribution in [2.45, 2.75) is 26.4 Å². The normalized spacial score (nSPS) is 15.4. The number of fused-ring (bicyclic) bond motifs is 1. The number of allylic oxidation sites excluding steroid dienone is 2. The Labute approximate surface area is 185 Å². The fraction of sp³-hybridized carbons (Fsp3) is 0.167. The van der Waals surface area contributed by atoms with Crippen LogP contribution in [-0.4, -0.2) is 36.4 Å². The molecule has 8 nitrogen and oxygen atoms in total. The van der Waals surface area contributed by atoms with Crippen molar-refractivity contribution in [3.8, 4) is 11.3 Å². The molecule has 32 heavy (non-hydrogen) atoms. The number of imidazole rings is 1. The molecule has 0 amide bonds. The number of carbonyl (C=O) groups excluding carboxylic acids is 1. The summed E-state index contributed by atoms with van der Waals surface area (Å²) in [6, 6.07) is 11.6. The summed E-state index contributed by atoms with van der Waals surface area (Å²) in [4.78, 5) is 24.1. The van der Waals surface area contributed by atoms with E-state index >= 15 is 0 Å². The summed E-state index contributed by atoms with van der Waals surface area (Å²) in [5.74, 6) is 0.854. The van der Waals surface area contributed by atoms with Gasteiger partial charge in [0, 0.05) is 29.1 Å². The molecule has 0 bridgehead atoms. The third-order valence-electron chi connectivity index (χ3n) is 5.37. The van der Waals surface area contributed by atoms with Crippen LogP contribution < -0.4 is 10.6 Å². The molecule has 0 fully saturated rings. The lowest BCUT2D eigenvalue weighted by molar-refractivity contribution is 0.101. The first-order valence-corrected chi connectivity index (χ1v) is 10.5. The summed E-state index contributed by atoms with van der Waals surface area (Å²) < 4.78 is 1.74. The van der Waals surface area contributed by atoms with Crippen LogP contribution in [0.25, 0.3) is 22.6 Å². The molecule has 0 aliphatic carbocycles. The van der Waals surface area contributed by atoms with Gasteiger partial charge in [-0.05, 0) is 56.3 Å². The van der Waals surface area contributed by atoms with Crippen LogP contribution in [0.15, 0.2) is 67.2 Å². The molecule has 1 atom stereocenters. The molecule has 1 aliphatic heterocycles. The number of anilines is 1. The number of dihydropyridines is 1. The van der Waals surface area contributed by atoms with E-state index in [1.807, 2.05) is 48.7 Å². The second-order valence-electron chi connectivity index (χ2n) is 7.77. The first-order valence-electron chi connectivity index (χ1n) is 10.5. The van der Waals surface area contributed by atoms with E-state index in [4.69, 9.17) is 4.98 Å². The molecule has 3 aromatic heterocycles. The number of hydrogen-bond donors (Lipinski definition) is 3. The number of hydrogen-bond acceptors (Lipinski definition) is 6. The zero-order chi connectivity index (χ0) is 22.1. The van der Waals surface area contributed by atoms with Crippen LogP contribution in [0.2, 0.25) is 0 Å². The number of Topliss-reactive ketones (excluding diaryl/α,β-unsaturated/α-hetero) is 1. The molecule has 5 rings (SSSR count). The largest absolute Gasteiger partial charge is 0.378 e. The molecule has 0 radical (unpaired) electrons. The third-order valence-corrected chi connectivity index (χ3v) is 5.37. The average Bonchev–Trinajstić information content (AvgIpc) is 3.44. The summed E-state index contributed by atoms with van der Waals surface area (Å²) in [5.41, 5.74) is 6.09. The maximum absolute atomic E-state index is 11.5. The van der Waals surface area contributed by atoms with Gasteiger partial charge in [0.25, 0.3) is 0 Å². The molecular formula is C24H23N7O. The molecule has 4 aromatic rings. The maximum atomic E-state index is 11.5. The van der Waals surface area contributed by atoms with Crippen molar-refractivity contribution >= 4 is 22.8 Å². The summed E-state index contributed by atoms with van der Waals surface area (Å²) >= 11 is 0. The highest BCUT2D eigenvalue weighted by atomic mass is 16.1. The monoisotopic (exact) mass is 425 g/mol. The second kappa shape index (κ2) is 8.14. The first-order chi connectivity index (χ1) is 15.6. The minimum absolute atomic E-state index is 0.0535. The minimum atomic E-state index is 0.0535. The first kappa shape index (κ1) is 19.7. The molecule has 3 N–H and O–H groups in total. The second-order valence-corrected chi connectivity index (χ2v) is 7.77. The Hall–Kier alpha value is -4.20. The molecule has 1 aliphatic rings. The van der Waals surface area contributed by atoms with Crippen molar-refractivity contribution in [2.24, 2.45) is 0 Å². The van der Waals surface area contributed by atoms with Gasteiger partial charge in [-0.15, -0.1) is 0 Å². The Morgan fingerprint density at radius 3 is 2.81 bits per heavy atom. The van der Waals surface area contributed by atoms with Crippen LogP contribution in [0.4, 0.5) is 5.69 Å². The molecular weight excluding hydrogens is 402 g/mol. The van der Waals surface area contributed by atoms with Gasteiger partial charge in [-0.1, -0.05) is 12.2 Å². The van der Waals surface area contributed by atoms with Crippen molar-refractivity contribution in [3.63, 3.8) is 0 Å². The Morgan fingerprint density at radius 2 is 2.03 bits per heavy atom. The Kier molecular flexibility index (Phi) is 5.03. The zero-order valence-corrected chi connectivity index (χ0v) is 17.8. The lowest BCUT2D eigenvalue weighted by atomic mass is 10.1. The van der Waals surface area contributed by atoms with E-state index in [0.717, 1.165) is 39.8 Å². The van der Waals surface area contributed by atoms with Gasteiger partial charge in [-0.2, -0.15) is 5.10 Å². The van der Waals surface area contributed by atoms with E-state index in [1.165, 1.54) is 6.33 Å². The van der Waals surface area contributed by atoms with Crippen molar-refractivity contribution in [1.29, 1.82) is 0 Å². The lowest BCUT2D eigenvalue weighted by Crippen LogP contribution is -2.24. The maximum Gasteiger partial charge on any atom is 0.159 e. The van der Waals surface area contributed by atoms with Crippen molar-refractivity contribution in [1.82, 2.24) is 29.9 Å². The Balaban J connectivity index is 1.47. The predicted octanol–water partition coefficient (Wildman–Crippen LogP) is 3.82. The number of rotatable bonds is 6. The van der Waals surface area contributed by atoms with Gasteiger partial charge in [-0.3, -0.25) is 4.79 Å². The van der Waals surface area contributed by atoms with Crippen molar-refractivity contribution < 1.29 is 4.79 Å². The number of ketones is 1. The van der Waals surface area contributed by atoms with Gasteiger partial charge >= 0.3 is 0 Å². The smallest absolute Gasteiger partial charge is 0.159 e. The molecule has 160 valence electrons. The van der Waals surface area contributed by atoms with Gasteiger partial charge in [0.2, 0.25) is 0 Å². The summed E-state index contributed by atoms with van der Waals surface area (Å²) in [5, 5.41) is 11.1. The van der Waals surface area contributed by atoms with Gasteiger partial charge in [0.15, 0.2) is 11.4 Å². The average molecular weight is 425 g/mol. The SMILES string of the molecule is CC(=O)c1ccc(NCc2nc(-c3ccc4ncnn4c3)c(C3=CC=CC(C)N3)[nH]2)cc1. The highest BCUT2D eigenvalue weighted by Gasteiger charge is 2.18. The van der Waals surface area contributed by atoms with Crippen LogP contribution in [0.1, 0.15) is 35.7 Å². The number of nitrogens with zero attached hydrogens (tertiary/aromatic N) is 4. The number of pyridine rings is 1. The van der Waals surface area contributed by atoms with Gasteiger partial charge in [-0.25, -0.2) is 14.5 Å². The molecule has 0 spiro atoms. The van der Waals surface area contributed by atoms with E-state index in [9.17, 15) is 4.79 Å². The third kappa shape index (κ3) is 3.90. The van der Waals surface area contributed by atoms with Crippen LogP contribution in [0.5, 0.6) is 0 Å². The number of carbonyl (C=O) groups is 1. The highest BCUT2D eigenvalue weighted by Crippen LogP contribution is 2.28. The minimum Gasteiger partial charge on any atom is -0.378 e. The van der Waals surface area contributed by atoms with E-state index in [2.05, 4.69) is 44.8 Å². The van der Waals surface area contributed by atoms with Crippen LogP contribution in [-0.2, 0) is 6.54 Å². The van der Waals surface area contributed by atoms with Gasteiger partial charge in [0.1, 0.15) is 12.2 Å². The molecule has 1 aromatic carbocycles. The zero-order valence-electron chi connectivity index (χ0n) is 17.8. The predicted molar refractivity (Wildman–Crippen MR) is 124 cm³/mol. The highest BCUT2D eigenvalue weighted by molar-refractivity contribution is 5.94. The Bertz CT molecular complexity index is 1340. The number of nitrogens with one attached hydrogen (secondary N) is 3. The summed E-state index contributed by atoms with van der Waals surface area (Å²) in [6.07, 6.45) is 9.67. The van der Waals surface area contributed by atoms with E-state index in [-0.39, 0.29) is 11.8 Å². The van der Waals surface area contributed by atoms with Gasteiger partial charge < -0.3 is 15.6 Å². The lowest BCUT2D eigenvalue weighted by Gasteiger charge is -2.18. The van der Waals surface area contributed by atoms with Crippen LogP contribution >= 0.6 is 0 Å². The number of H-pyrrole nitrogens is 1. The van der Waals surface area contributed by atoms with E-state index in [0.29, 0.717) is 12.1 Å². The standard InChI is InChI=1S/C24H23N7O/c1-15-4-3-5-20(28-15)24-23(18-8-11-22-26-14-27-31(22)13-18)29-21(30-24)12-25-19-9-6-17(7-10-19)16(2)32/h3-11,13-15,25,28H,12H2,1-2H3,(H,29,30). The summed E-state index contributed by atoms with van der Waals surface area (Å²) in [6.45, 7) is 4.18. The molecule has 4 heterocycles. The number of aromatic nitrogens is 5. The van der Waals surface area contributed by atoms with E-state index < -0.39 is 0 Å². The number of aromatic amines is 1. The molecule has 8 heteroatoms. The molecule has 1 unspecified atom stereocenters. The fourth-order valence-electron chi connectivity index (χ4n) is 3.69. The molecule has 0 saturated heterocycles. The number of benzene rings is 1. The van der Waals surface area contributed by atoms with Crippen LogP contribution in [0, 0.1) is 0 Å². The topological polar surface area (TPSA) is 100 Å². The fourth-order valence-corrected chi connectivity index (χ4v) is 3.69. The van der Waals surface area contributed by atoms with Crippen molar-refractivity contribution in [2.75, 3.05) is 5.32 Å². The molecule has 0 saturated carbocycles. The Morgan fingerprint density at radius 1 is 1.19 bits per heavy atom. The van der Waals surface area contributed by atoms with E-state index in [1.54, 1.807) is 11.4 Å².